The molecule has 2 rings (SSSR count). The fourth-order valence-electron chi connectivity index (χ4n) is 4.17. The van der Waals surface area contributed by atoms with Gasteiger partial charge in [-0.1, -0.05) is 13.0 Å². The molecule has 2 saturated carbocycles. The van der Waals surface area contributed by atoms with Gasteiger partial charge in [-0.15, -0.1) is 11.6 Å². The molecule has 0 aromatic rings. The Kier molecular flexibility index (Phi) is 3.97. The van der Waals surface area contributed by atoms with Gasteiger partial charge in [0, 0.05) is 5.88 Å². The van der Waals surface area contributed by atoms with Crippen molar-refractivity contribution in [2.75, 3.05) is 5.88 Å². The summed E-state index contributed by atoms with van der Waals surface area (Å²) in [6.45, 7) is 4.31. The highest BCUT2D eigenvalue weighted by Crippen LogP contribution is 2.61. The molecular formula is C15H23ClO. The molecule has 2 fully saturated rings. The zero-order chi connectivity index (χ0) is 12.5. The number of fused-ring (bicyclic) bond motifs is 2. The summed E-state index contributed by atoms with van der Waals surface area (Å²) in [6.07, 6.45) is 9.42. The minimum Gasteiger partial charge on any atom is -0.298 e. The topological polar surface area (TPSA) is 17.1 Å². The summed E-state index contributed by atoms with van der Waals surface area (Å²) in [5.41, 5.74) is 1.28. The number of rotatable bonds is 5. The van der Waals surface area contributed by atoms with E-state index in [0.29, 0.717) is 11.3 Å². The molecule has 2 aliphatic carbocycles. The second-order valence-corrected chi connectivity index (χ2v) is 6.45. The third-order valence-corrected chi connectivity index (χ3v) is 5.66. The molecule has 0 heterocycles. The van der Waals surface area contributed by atoms with E-state index in [1.54, 1.807) is 0 Å². The van der Waals surface area contributed by atoms with E-state index in [1.165, 1.54) is 25.7 Å². The predicted octanol–water partition coefficient (Wildman–Crippen LogP) is 4.20. The molecule has 96 valence electrons. The molecule has 0 aromatic carbocycles. The van der Waals surface area contributed by atoms with Gasteiger partial charge in [0.05, 0.1) is 0 Å². The minimum atomic E-state index is 0.421. The molecule has 1 nitrogen and oxygen atoms in total. The van der Waals surface area contributed by atoms with Crippen LogP contribution in [-0.4, -0.2) is 12.2 Å². The van der Waals surface area contributed by atoms with E-state index in [-0.39, 0.29) is 0 Å². The van der Waals surface area contributed by atoms with Gasteiger partial charge in [-0.3, -0.25) is 4.79 Å². The highest BCUT2D eigenvalue weighted by molar-refractivity contribution is 6.18. The van der Waals surface area contributed by atoms with Crippen LogP contribution in [0.25, 0.3) is 0 Å². The summed E-state index contributed by atoms with van der Waals surface area (Å²) in [5.74, 6) is 3.27. The quantitative estimate of drug-likeness (QED) is 0.408. The lowest BCUT2D eigenvalue weighted by Crippen LogP contribution is -2.34. The molecule has 0 amide bonds. The molecule has 2 heteroatoms. The van der Waals surface area contributed by atoms with Crippen molar-refractivity contribution in [1.29, 1.82) is 0 Å². The van der Waals surface area contributed by atoms with Crippen LogP contribution in [0.1, 0.15) is 46.0 Å². The van der Waals surface area contributed by atoms with E-state index < -0.39 is 0 Å². The van der Waals surface area contributed by atoms with Gasteiger partial charge in [-0.25, -0.2) is 0 Å². The lowest BCUT2D eigenvalue weighted by atomic mass is 9.65. The van der Waals surface area contributed by atoms with Crippen molar-refractivity contribution in [2.45, 2.75) is 46.0 Å². The van der Waals surface area contributed by atoms with Crippen LogP contribution in [0.5, 0.6) is 0 Å². The Hall–Kier alpha value is -0.300. The minimum absolute atomic E-state index is 0.421. The van der Waals surface area contributed by atoms with E-state index in [4.69, 9.17) is 11.6 Å². The van der Waals surface area contributed by atoms with Gasteiger partial charge in [0.15, 0.2) is 0 Å². The fraction of sp³-hybridized carbons (Fsp3) is 0.800. The van der Waals surface area contributed by atoms with E-state index >= 15 is 0 Å². The highest BCUT2D eigenvalue weighted by Gasteiger charge is 2.53. The first kappa shape index (κ1) is 13.1. The van der Waals surface area contributed by atoms with Crippen LogP contribution in [0.4, 0.5) is 0 Å². The Morgan fingerprint density at radius 1 is 1.47 bits per heavy atom. The molecule has 0 radical (unpaired) electrons. The molecule has 0 saturated heterocycles. The van der Waals surface area contributed by atoms with Gasteiger partial charge >= 0.3 is 0 Å². The summed E-state index contributed by atoms with van der Waals surface area (Å²) in [7, 11) is 0. The number of carbonyl (C=O) groups excluding carboxylic acids is 1. The average Bonchev–Trinajstić information content (AvgIpc) is 2.88. The van der Waals surface area contributed by atoms with Gasteiger partial charge < -0.3 is 0 Å². The second kappa shape index (κ2) is 5.14. The molecule has 0 N–H and O–H groups in total. The first-order valence-corrected chi connectivity index (χ1v) is 7.33. The third-order valence-electron chi connectivity index (χ3n) is 5.32. The van der Waals surface area contributed by atoms with Crippen molar-refractivity contribution in [3.05, 3.63) is 11.6 Å². The Morgan fingerprint density at radius 2 is 2.24 bits per heavy atom. The summed E-state index contributed by atoms with van der Waals surface area (Å²) >= 11 is 6.18. The summed E-state index contributed by atoms with van der Waals surface area (Å²) in [6, 6.07) is 0. The number of carbonyl (C=O) groups is 1. The second-order valence-electron chi connectivity index (χ2n) is 6.14. The van der Waals surface area contributed by atoms with Crippen molar-refractivity contribution in [3.63, 3.8) is 0 Å². The van der Waals surface area contributed by atoms with Crippen molar-refractivity contribution in [2.24, 2.45) is 23.2 Å². The first-order chi connectivity index (χ1) is 8.11. The summed E-state index contributed by atoms with van der Waals surface area (Å²) < 4.78 is 0. The zero-order valence-electron chi connectivity index (χ0n) is 10.9. The van der Waals surface area contributed by atoms with Crippen LogP contribution < -0.4 is 0 Å². The van der Waals surface area contributed by atoms with Crippen LogP contribution >= 0.6 is 11.6 Å². The van der Waals surface area contributed by atoms with E-state index in [0.717, 1.165) is 36.0 Å². The molecule has 2 bridgehead atoms. The first-order valence-electron chi connectivity index (χ1n) is 6.79. The molecule has 0 aliphatic heterocycles. The Balaban J connectivity index is 2.00. The lowest BCUT2D eigenvalue weighted by molar-refractivity contribution is -0.104. The number of hydrogen-bond donors (Lipinski definition) is 0. The van der Waals surface area contributed by atoms with E-state index in [9.17, 15) is 4.79 Å². The number of allylic oxidation sites excluding steroid dienone is 2. The van der Waals surface area contributed by atoms with Gasteiger partial charge in [0.1, 0.15) is 6.29 Å². The Labute approximate surface area is 110 Å². The normalized spacial score (nSPS) is 40.9. The van der Waals surface area contributed by atoms with Gasteiger partial charge in [-0.2, -0.15) is 0 Å². The number of alkyl halides is 1. The molecule has 2 aliphatic rings. The number of hydrogen-bond acceptors (Lipinski definition) is 1. The molecule has 17 heavy (non-hydrogen) atoms. The maximum Gasteiger partial charge on any atom is 0.145 e. The van der Waals surface area contributed by atoms with Crippen LogP contribution in [0.2, 0.25) is 0 Å². The summed E-state index contributed by atoms with van der Waals surface area (Å²) in [4.78, 5) is 10.6. The van der Waals surface area contributed by atoms with Crippen LogP contribution in [0, 0.1) is 23.2 Å². The Bertz CT molecular complexity index is 323. The van der Waals surface area contributed by atoms with Crippen molar-refractivity contribution >= 4 is 17.9 Å². The van der Waals surface area contributed by atoms with Gasteiger partial charge in [0.2, 0.25) is 0 Å². The maximum atomic E-state index is 10.6. The molecule has 0 unspecified atom stereocenters. The predicted molar refractivity (Wildman–Crippen MR) is 72.2 cm³/mol. The maximum absolute atomic E-state index is 10.6. The largest absolute Gasteiger partial charge is 0.298 e. The zero-order valence-corrected chi connectivity index (χ0v) is 11.7. The molecule has 0 aromatic heterocycles. The smallest absolute Gasteiger partial charge is 0.145 e. The summed E-state index contributed by atoms with van der Waals surface area (Å²) in [5, 5.41) is 0. The van der Waals surface area contributed by atoms with Crippen molar-refractivity contribution in [3.8, 4) is 0 Å². The third kappa shape index (κ3) is 2.31. The standard InChI is InChI=1S/C15H23ClO/c1-11(10-17)4-3-7-15(2)13-6-5-12(8-13)14(15)9-16/h4,10,12-14H,3,5-9H2,1-2H3/b11-4+/t12-,13+,14-,15-/m1/s1. The molecule has 4 atom stereocenters. The fourth-order valence-corrected chi connectivity index (χ4v) is 4.78. The Morgan fingerprint density at radius 3 is 2.88 bits per heavy atom. The number of halogens is 1. The van der Waals surface area contributed by atoms with E-state index in [2.05, 4.69) is 13.0 Å². The van der Waals surface area contributed by atoms with Crippen molar-refractivity contribution < 1.29 is 4.79 Å². The highest BCUT2D eigenvalue weighted by atomic mass is 35.5. The lowest BCUT2D eigenvalue weighted by Gasteiger charge is -2.40. The van der Waals surface area contributed by atoms with E-state index in [1.807, 2.05) is 6.92 Å². The van der Waals surface area contributed by atoms with Crippen LogP contribution in [0.3, 0.4) is 0 Å². The molecule has 0 spiro atoms. The monoisotopic (exact) mass is 254 g/mol. The van der Waals surface area contributed by atoms with Gasteiger partial charge in [-0.05, 0) is 67.8 Å². The number of aldehydes is 1. The van der Waals surface area contributed by atoms with Crippen LogP contribution in [-0.2, 0) is 4.79 Å². The molecular weight excluding hydrogens is 232 g/mol. The van der Waals surface area contributed by atoms with Gasteiger partial charge in [0.25, 0.3) is 0 Å². The van der Waals surface area contributed by atoms with Crippen LogP contribution in [0.15, 0.2) is 11.6 Å². The average molecular weight is 255 g/mol. The SMILES string of the molecule is C/C(C=O)=C\CC[C@]1(C)[C@H]2CC[C@H](C2)[C@H]1CCl. The van der Waals surface area contributed by atoms with Crippen molar-refractivity contribution in [1.82, 2.24) is 0 Å².